The molecule has 1 aromatic carbocycles. The fraction of sp³-hybridized carbons (Fsp3) is 0.533. The molecule has 1 saturated heterocycles. The molecular weight excluding hydrogens is 262 g/mol. The fourth-order valence-electron chi connectivity index (χ4n) is 2.40. The predicted octanol–water partition coefficient (Wildman–Crippen LogP) is 2.46. The Morgan fingerprint density at radius 1 is 1.30 bits per heavy atom. The molecule has 1 atom stereocenters. The minimum absolute atomic E-state index is 0.190. The first-order chi connectivity index (χ1) is 9.54. The zero-order valence-electron chi connectivity index (χ0n) is 11.7. The molecule has 0 aliphatic carbocycles. The number of benzene rings is 1. The van der Waals surface area contributed by atoms with E-state index >= 15 is 0 Å². The summed E-state index contributed by atoms with van der Waals surface area (Å²) in [5, 5.41) is 3.22. The zero-order valence-corrected chi connectivity index (χ0v) is 11.7. The largest absolute Gasteiger partial charge is 0.343 e. The Bertz CT molecular complexity index is 459. The number of halogens is 2. The van der Waals surface area contributed by atoms with Crippen LogP contribution in [-0.2, 0) is 11.3 Å². The van der Waals surface area contributed by atoms with E-state index in [0.29, 0.717) is 18.5 Å². The second-order valence-corrected chi connectivity index (χ2v) is 5.33. The molecule has 1 aromatic rings. The van der Waals surface area contributed by atoms with Crippen LogP contribution in [0.4, 0.5) is 8.78 Å². The third-order valence-corrected chi connectivity index (χ3v) is 3.58. The number of carbonyl (C=O) groups excluding carboxylic acids is 1. The summed E-state index contributed by atoms with van der Waals surface area (Å²) >= 11 is 0. The molecule has 1 fully saturated rings. The standard InChI is InChI=1S/C15H20F2N2O/c1-11(4-6-19-5-2-3-15(19)20)18-10-12-7-13(16)9-14(17)8-12/h7-9,11,18H,2-6,10H2,1H3. The number of carbonyl (C=O) groups is 1. The number of likely N-dealkylation sites (tertiary alicyclic amines) is 1. The van der Waals surface area contributed by atoms with Gasteiger partial charge in [-0.3, -0.25) is 4.79 Å². The van der Waals surface area contributed by atoms with Gasteiger partial charge in [0.25, 0.3) is 0 Å². The molecule has 1 N–H and O–H groups in total. The van der Waals surface area contributed by atoms with Gasteiger partial charge in [0.1, 0.15) is 11.6 Å². The molecule has 2 rings (SSSR count). The maximum atomic E-state index is 13.0. The van der Waals surface area contributed by atoms with Gasteiger partial charge in [-0.15, -0.1) is 0 Å². The Labute approximate surface area is 118 Å². The summed E-state index contributed by atoms with van der Waals surface area (Å²) in [7, 11) is 0. The monoisotopic (exact) mass is 282 g/mol. The van der Waals surface area contributed by atoms with E-state index in [1.165, 1.54) is 12.1 Å². The van der Waals surface area contributed by atoms with Crippen molar-refractivity contribution in [1.82, 2.24) is 10.2 Å². The first-order valence-electron chi connectivity index (χ1n) is 7.01. The molecule has 1 heterocycles. The third-order valence-electron chi connectivity index (χ3n) is 3.58. The van der Waals surface area contributed by atoms with Crippen molar-refractivity contribution >= 4 is 5.91 Å². The first-order valence-corrected chi connectivity index (χ1v) is 7.01. The van der Waals surface area contributed by atoms with E-state index in [1.807, 2.05) is 11.8 Å². The number of nitrogens with zero attached hydrogens (tertiary/aromatic N) is 1. The maximum absolute atomic E-state index is 13.0. The molecule has 1 aliphatic heterocycles. The Morgan fingerprint density at radius 3 is 2.60 bits per heavy atom. The topological polar surface area (TPSA) is 32.3 Å². The molecular formula is C15H20F2N2O. The highest BCUT2D eigenvalue weighted by atomic mass is 19.1. The molecule has 0 saturated carbocycles. The van der Waals surface area contributed by atoms with Gasteiger partial charge in [0.2, 0.25) is 5.91 Å². The van der Waals surface area contributed by atoms with Gasteiger partial charge < -0.3 is 10.2 Å². The number of amides is 1. The van der Waals surface area contributed by atoms with Crippen molar-refractivity contribution in [3.8, 4) is 0 Å². The zero-order chi connectivity index (χ0) is 14.5. The first kappa shape index (κ1) is 14.9. The van der Waals surface area contributed by atoms with Crippen LogP contribution in [0.1, 0.15) is 31.7 Å². The molecule has 110 valence electrons. The van der Waals surface area contributed by atoms with Gasteiger partial charge in [-0.25, -0.2) is 8.78 Å². The van der Waals surface area contributed by atoms with E-state index in [1.54, 1.807) is 0 Å². The van der Waals surface area contributed by atoms with Gasteiger partial charge in [0.05, 0.1) is 0 Å². The molecule has 1 unspecified atom stereocenters. The average molecular weight is 282 g/mol. The maximum Gasteiger partial charge on any atom is 0.222 e. The van der Waals surface area contributed by atoms with Crippen molar-refractivity contribution in [2.24, 2.45) is 0 Å². The summed E-state index contributed by atoms with van der Waals surface area (Å²) in [5.74, 6) is -0.890. The van der Waals surface area contributed by atoms with Crippen LogP contribution in [0.15, 0.2) is 18.2 Å². The Morgan fingerprint density at radius 2 is 2.00 bits per heavy atom. The van der Waals surface area contributed by atoms with E-state index < -0.39 is 11.6 Å². The van der Waals surface area contributed by atoms with Crippen LogP contribution in [-0.4, -0.2) is 29.9 Å². The van der Waals surface area contributed by atoms with Crippen LogP contribution >= 0.6 is 0 Å². The van der Waals surface area contributed by atoms with Crippen molar-refractivity contribution in [2.45, 2.75) is 38.8 Å². The number of rotatable bonds is 6. The average Bonchev–Trinajstić information content (AvgIpc) is 2.78. The summed E-state index contributed by atoms with van der Waals surface area (Å²) in [5.41, 5.74) is 0.589. The summed E-state index contributed by atoms with van der Waals surface area (Å²) in [6.07, 6.45) is 2.44. The van der Waals surface area contributed by atoms with Gasteiger partial charge in [-0.1, -0.05) is 0 Å². The molecule has 20 heavy (non-hydrogen) atoms. The quantitative estimate of drug-likeness (QED) is 0.869. The minimum atomic E-state index is -0.558. The van der Waals surface area contributed by atoms with Gasteiger partial charge in [-0.2, -0.15) is 0 Å². The Balaban J connectivity index is 1.74. The number of hydrogen-bond acceptors (Lipinski definition) is 2. The van der Waals surface area contributed by atoms with Crippen LogP contribution in [0.2, 0.25) is 0 Å². The van der Waals surface area contributed by atoms with Crippen LogP contribution in [0.5, 0.6) is 0 Å². The smallest absolute Gasteiger partial charge is 0.222 e. The van der Waals surface area contributed by atoms with Crippen molar-refractivity contribution in [3.05, 3.63) is 35.4 Å². The lowest BCUT2D eigenvalue weighted by molar-refractivity contribution is -0.127. The fourth-order valence-corrected chi connectivity index (χ4v) is 2.40. The molecule has 0 spiro atoms. The third kappa shape index (κ3) is 4.27. The van der Waals surface area contributed by atoms with E-state index in [4.69, 9.17) is 0 Å². The Hall–Kier alpha value is -1.49. The van der Waals surface area contributed by atoms with Crippen molar-refractivity contribution < 1.29 is 13.6 Å². The molecule has 5 heteroatoms. The van der Waals surface area contributed by atoms with E-state index in [2.05, 4.69) is 5.32 Å². The summed E-state index contributed by atoms with van der Waals surface area (Å²) in [6.45, 7) is 4.02. The summed E-state index contributed by atoms with van der Waals surface area (Å²) < 4.78 is 26.1. The molecule has 1 amide bonds. The van der Waals surface area contributed by atoms with Crippen LogP contribution in [0.25, 0.3) is 0 Å². The molecule has 0 aromatic heterocycles. The number of hydrogen-bond donors (Lipinski definition) is 1. The van der Waals surface area contributed by atoms with Crippen molar-refractivity contribution in [3.63, 3.8) is 0 Å². The SMILES string of the molecule is CC(CCN1CCCC1=O)NCc1cc(F)cc(F)c1. The highest BCUT2D eigenvalue weighted by Gasteiger charge is 2.19. The normalized spacial score (nSPS) is 16.8. The Kier molecular flexibility index (Phi) is 5.06. The van der Waals surface area contributed by atoms with Crippen molar-refractivity contribution in [2.75, 3.05) is 13.1 Å². The van der Waals surface area contributed by atoms with Gasteiger partial charge in [0.15, 0.2) is 0 Å². The van der Waals surface area contributed by atoms with Crippen LogP contribution in [0, 0.1) is 11.6 Å². The second-order valence-electron chi connectivity index (χ2n) is 5.33. The van der Waals surface area contributed by atoms with Crippen LogP contribution in [0.3, 0.4) is 0 Å². The van der Waals surface area contributed by atoms with E-state index in [9.17, 15) is 13.6 Å². The van der Waals surface area contributed by atoms with Gasteiger partial charge in [-0.05, 0) is 37.5 Å². The lowest BCUT2D eigenvalue weighted by Crippen LogP contribution is -2.32. The summed E-state index contributed by atoms with van der Waals surface area (Å²) in [6, 6.07) is 3.71. The molecule has 0 bridgehead atoms. The van der Waals surface area contributed by atoms with E-state index in [-0.39, 0.29) is 11.9 Å². The van der Waals surface area contributed by atoms with E-state index in [0.717, 1.165) is 32.0 Å². The highest BCUT2D eigenvalue weighted by molar-refractivity contribution is 5.77. The van der Waals surface area contributed by atoms with Gasteiger partial charge >= 0.3 is 0 Å². The molecule has 1 aliphatic rings. The molecule has 0 radical (unpaired) electrons. The molecule has 3 nitrogen and oxygen atoms in total. The van der Waals surface area contributed by atoms with Crippen molar-refractivity contribution in [1.29, 1.82) is 0 Å². The van der Waals surface area contributed by atoms with Gasteiger partial charge in [0, 0.05) is 38.2 Å². The lowest BCUT2D eigenvalue weighted by Gasteiger charge is -2.19. The summed E-state index contributed by atoms with van der Waals surface area (Å²) in [4.78, 5) is 13.3. The number of nitrogens with one attached hydrogen (secondary N) is 1. The highest BCUT2D eigenvalue weighted by Crippen LogP contribution is 2.11. The lowest BCUT2D eigenvalue weighted by atomic mass is 10.1. The predicted molar refractivity (Wildman–Crippen MR) is 73.1 cm³/mol. The minimum Gasteiger partial charge on any atom is -0.343 e. The van der Waals surface area contributed by atoms with Crippen LogP contribution < -0.4 is 5.32 Å². The second kappa shape index (κ2) is 6.79.